The van der Waals surface area contributed by atoms with Crippen molar-refractivity contribution in [3.63, 3.8) is 0 Å². The molecular weight excluding hydrogens is 322 g/mol. The molecule has 0 aliphatic heterocycles. The minimum atomic E-state index is -4.22. The normalized spacial score (nSPS) is 16.6. The minimum Gasteiger partial charge on any atom is -0.323 e. The summed E-state index contributed by atoms with van der Waals surface area (Å²) in [4.78, 5) is 34.9. The van der Waals surface area contributed by atoms with Crippen molar-refractivity contribution < 1.29 is 28.7 Å². The molecule has 0 heterocycles. The molecule has 8 nitrogen and oxygen atoms in total. The van der Waals surface area contributed by atoms with E-state index in [1.165, 1.54) is 21.6 Å². The summed E-state index contributed by atoms with van der Waals surface area (Å²) >= 11 is 0. The summed E-state index contributed by atoms with van der Waals surface area (Å²) in [7, 11) is -5.77. The molecule has 0 aliphatic rings. The maximum Gasteiger partial charge on any atom is 0.342 e. The highest BCUT2D eigenvalue weighted by atomic mass is 33.1. The van der Waals surface area contributed by atoms with Gasteiger partial charge in [0.05, 0.1) is 0 Å². The largest absolute Gasteiger partial charge is 0.342 e. The van der Waals surface area contributed by atoms with E-state index in [9.17, 15) is 9.13 Å². The smallest absolute Gasteiger partial charge is 0.323 e. The summed E-state index contributed by atoms with van der Waals surface area (Å²) < 4.78 is 21.4. The van der Waals surface area contributed by atoms with Gasteiger partial charge in [-0.05, 0) is 12.8 Å². The van der Waals surface area contributed by atoms with Crippen LogP contribution in [0.5, 0.6) is 0 Å². The average Bonchev–Trinajstić information content (AvgIpc) is 2.19. The number of nitrogens with two attached hydrogens (primary N) is 2. The maximum absolute atomic E-state index is 10.7. The van der Waals surface area contributed by atoms with E-state index in [4.69, 9.17) is 31.0 Å². The van der Waals surface area contributed by atoms with Gasteiger partial charge in [0, 0.05) is 11.5 Å². The van der Waals surface area contributed by atoms with Gasteiger partial charge in [0.2, 0.25) is 0 Å². The third-order valence-corrected chi connectivity index (χ3v) is 6.66. The number of hydrogen-bond donors (Lipinski definition) is 6. The highest BCUT2D eigenvalue weighted by Gasteiger charge is 2.25. The van der Waals surface area contributed by atoms with E-state index in [0.29, 0.717) is 11.5 Å². The quantitative estimate of drug-likeness (QED) is 0.192. The monoisotopic (exact) mass is 340 g/mol. The molecule has 18 heavy (non-hydrogen) atoms. The van der Waals surface area contributed by atoms with Crippen LogP contribution in [-0.4, -0.2) is 42.6 Å². The van der Waals surface area contributed by atoms with Gasteiger partial charge in [-0.15, -0.1) is 0 Å². The van der Waals surface area contributed by atoms with Crippen molar-refractivity contribution in [1.82, 2.24) is 0 Å². The second kappa shape index (κ2) is 8.26. The van der Waals surface area contributed by atoms with Crippen LogP contribution in [-0.2, 0) is 9.13 Å². The standard InChI is InChI=1S/C6H18N2O6P2S2/c7-5(15(9,10)11)1-3-17-18-4-2-6(8)16(12,13)14/h5-6H,1-4,7-8H2,(H2,9,10,11)(H2,12,13,14)/t5-,6-/m0/s1. The fourth-order valence-electron chi connectivity index (χ4n) is 0.792. The molecule has 0 fully saturated rings. The number of rotatable bonds is 9. The SMILES string of the molecule is N[C@H](CCSSCC[C@@H](N)P(=O)(O)O)P(=O)(O)O. The molecule has 0 rings (SSSR count). The number of hydrogen-bond acceptors (Lipinski definition) is 6. The van der Waals surface area contributed by atoms with Crippen molar-refractivity contribution in [2.24, 2.45) is 11.5 Å². The Balaban J connectivity index is 3.59. The summed E-state index contributed by atoms with van der Waals surface area (Å²) in [6.07, 6.45) is 0.346. The van der Waals surface area contributed by atoms with Crippen molar-refractivity contribution in [3.05, 3.63) is 0 Å². The molecule has 0 spiro atoms. The van der Waals surface area contributed by atoms with Crippen LogP contribution in [0.2, 0.25) is 0 Å². The summed E-state index contributed by atoms with van der Waals surface area (Å²) in [5.41, 5.74) is 10.5. The van der Waals surface area contributed by atoms with E-state index in [1.807, 2.05) is 0 Å². The van der Waals surface area contributed by atoms with Gasteiger partial charge >= 0.3 is 15.2 Å². The van der Waals surface area contributed by atoms with Crippen LogP contribution in [0.4, 0.5) is 0 Å². The van der Waals surface area contributed by atoms with Crippen molar-refractivity contribution in [3.8, 4) is 0 Å². The van der Waals surface area contributed by atoms with Gasteiger partial charge < -0.3 is 31.0 Å². The van der Waals surface area contributed by atoms with Crippen LogP contribution in [0.15, 0.2) is 0 Å². The van der Waals surface area contributed by atoms with Crippen LogP contribution in [0.1, 0.15) is 12.8 Å². The van der Waals surface area contributed by atoms with Crippen LogP contribution in [0.25, 0.3) is 0 Å². The molecule has 0 bridgehead atoms. The van der Waals surface area contributed by atoms with Crippen LogP contribution in [0, 0.1) is 0 Å². The van der Waals surface area contributed by atoms with Crippen LogP contribution >= 0.6 is 36.8 Å². The molecule has 0 saturated heterocycles. The molecule has 0 amide bonds. The van der Waals surface area contributed by atoms with Gasteiger partial charge in [0.15, 0.2) is 0 Å². The lowest BCUT2D eigenvalue weighted by Gasteiger charge is -2.13. The fraction of sp³-hybridized carbons (Fsp3) is 1.00. The average molecular weight is 340 g/mol. The molecule has 0 aromatic heterocycles. The lowest BCUT2D eigenvalue weighted by molar-refractivity contribution is 0.355. The Morgan fingerprint density at radius 3 is 1.33 bits per heavy atom. The Morgan fingerprint density at radius 2 is 1.11 bits per heavy atom. The molecule has 8 N–H and O–H groups in total. The predicted octanol–water partition coefficient (Wildman–Crippen LogP) is 0.0730. The predicted molar refractivity (Wildman–Crippen MR) is 74.2 cm³/mol. The summed E-state index contributed by atoms with van der Waals surface area (Å²) in [6.45, 7) is 0. The zero-order valence-corrected chi connectivity index (χ0v) is 12.9. The van der Waals surface area contributed by atoms with Gasteiger partial charge in [0.1, 0.15) is 11.6 Å². The highest BCUT2D eigenvalue weighted by molar-refractivity contribution is 8.76. The molecule has 0 radical (unpaired) electrons. The summed E-state index contributed by atoms with van der Waals surface area (Å²) in [5.74, 6) is -1.43. The molecule has 2 atom stereocenters. The molecular formula is C6H18N2O6P2S2. The van der Waals surface area contributed by atoms with E-state index in [0.717, 1.165) is 0 Å². The van der Waals surface area contributed by atoms with Gasteiger partial charge in [-0.2, -0.15) is 0 Å². The van der Waals surface area contributed by atoms with Gasteiger partial charge in [-0.25, -0.2) is 0 Å². The van der Waals surface area contributed by atoms with E-state index < -0.39 is 26.8 Å². The zero-order chi connectivity index (χ0) is 14.4. The van der Waals surface area contributed by atoms with E-state index in [1.54, 1.807) is 0 Å². The third-order valence-electron chi connectivity index (χ3n) is 1.94. The van der Waals surface area contributed by atoms with Crippen LogP contribution in [0.3, 0.4) is 0 Å². The summed E-state index contributed by atoms with van der Waals surface area (Å²) in [5, 5.41) is 0. The zero-order valence-electron chi connectivity index (χ0n) is 9.45. The first kappa shape index (κ1) is 18.9. The maximum atomic E-state index is 10.7. The Morgan fingerprint density at radius 1 is 0.833 bits per heavy atom. The first-order valence-electron chi connectivity index (χ1n) is 4.91. The van der Waals surface area contributed by atoms with E-state index in [-0.39, 0.29) is 12.8 Å². The Kier molecular flexibility index (Phi) is 8.68. The van der Waals surface area contributed by atoms with Crippen molar-refractivity contribution in [1.29, 1.82) is 0 Å². The Bertz CT molecular complexity index is 302. The Hall–Kier alpha value is 0.920. The molecule has 0 unspecified atom stereocenters. The minimum absolute atomic E-state index is 0.173. The third kappa shape index (κ3) is 8.92. The van der Waals surface area contributed by atoms with Crippen molar-refractivity contribution in [2.75, 3.05) is 11.5 Å². The lowest BCUT2D eigenvalue weighted by atomic mass is 10.5. The van der Waals surface area contributed by atoms with E-state index in [2.05, 4.69) is 0 Å². The fourth-order valence-corrected chi connectivity index (χ4v) is 4.29. The van der Waals surface area contributed by atoms with Crippen molar-refractivity contribution >= 4 is 36.8 Å². The molecule has 110 valence electrons. The second-order valence-corrected chi connectivity index (χ2v) is 9.92. The Labute approximate surface area is 113 Å². The van der Waals surface area contributed by atoms with E-state index >= 15 is 0 Å². The molecule has 0 aromatic rings. The summed E-state index contributed by atoms with van der Waals surface area (Å²) in [6, 6.07) is 0. The topological polar surface area (TPSA) is 167 Å². The van der Waals surface area contributed by atoms with Gasteiger partial charge in [-0.3, -0.25) is 9.13 Å². The first-order chi connectivity index (χ1) is 8.05. The second-order valence-electron chi connectivity index (χ2n) is 3.53. The van der Waals surface area contributed by atoms with Crippen LogP contribution < -0.4 is 11.5 Å². The molecule has 12 heteroatoms. The lowest BCUT2D eigenvalue weighted by Crippen LogP contribution is -2.21. The van der Waals surface area contributed by atoms with Gasteiger partial charge in [-0.1, -0.05) is 21.6 Å². The van der Waals surface area contributed by atoms with Crippen molar-refractivity contribution in [2.45, 2.75) is 24.4 Å². The first-order valence-corrected chi connectivity index (χ1v) is 10.8. The molecule has 0 aliphatic carbocycles. The highest BCUT2D eigenvalue weighted by Crippen LogP contribution is 2.42. The molecule has 0 saturated carbocycles. The van der Waals surface area contributed by atoms with Gasteiger partial charge in [0.25, 0.3) is 0 Å². The molecule has 0 aromatic carbocycles.